The summed E-state index contributed by atoms with van der Waals surface area (Å²) in [4.78, 5) is 26.4. The molecule has 2 heterocycles. The Balaban J connectivity index is 1.47. The van der Waals surface area contributed by atoms with Gasteiger partial charge in [0.1, 0.15) is 0 Å². The van der Waals surface area contributed by atoms with Crippen LogP contribution >= 0.6 is 12.2 Å². The molecule has 3 aliphatic rings. The molecule has 4 N–H and O–H groups in total. The van der Waals surface area contributed by atoms with Crippen molar-refractivity contribution in [3.05, 3.63) is 0 Å². The molecule has 3 fully saturated rings. The predicted molar refractivity (Wildman–Crippen MR) is 102 cm³/mol. The van der Waals surface area contributed by atoms with Crippen LogP contribution in [-0.4, -0.2) is 79.3 Å². The molecule has 1 saturated carbocycles. The zero-order chi connectivity index (χ0) is 18.5. The Morgan fingerprint density at radius 3 is 2.88 bits per heavy atom. The molecule has 0 aromatic heterocycles. The van der Waals surface area contributed by atoms with E-state index in [1.807, 2.05) is 0 Å². The first-order chi connectivity index (χ1) is 12.6. The van der Waals surface area contributed by atoms with Crippen LogP contribution in [0.2, 0.25) is 0 Å². The van der Waals surface area contributed by atoms with Crippen molar-refractivity contribution in [1.29, 1.82) is 0 Å². The number of ether oxygens (including phenoxy) is 1. The summed E-state index contributed by atoms with van der Waals surface area (Å²) in [6, 6.07) is 0.589. The monoisotopic (exact) mass is 383 g/mol. The number of carbonyl (C=O) groups is 2. The van der Waals surface area contributed by atoms with Crippen LogP contribution in [-0.2, 0) is 14.3 Å². The molecule has 2 saturated heterocycles. The molecule has 9 heteroatoms. The number of nitrogens with one attached hydrogen (secondary N) is 4. The van der Waals surface area contributed by atoms with Gasteiger partial charge in [-0.1, -0.05) is 0 Å². The molecule has 1 aliphatic carbocycles. The van der Waals surface area contributed by atoms with Crippen LogP contribution in [0.15, 0.2) is 0 Å². The van der Waals surface area contributed by atoms with Crippen LogP contribution in [0, 0.1) is 0 Å². The van der Waals surface area contributed by atoms with Gasteiger partial charge in [-0.15, -0.1) is 0 Å². The molecule has 146 valence electrons. The van der Waals surface area contributed by atoms with Gasteiger partial charge in [0, 0.05) is 51.3 Å². The summed E-state index contributed by atoms with van der Waals surface area (Å²) in [5.41, 5.74) is 0. The third-order valence-electron chi connectivity index (χ3n) is 5.20. The fourth-order valence-corrected chi connectivity index (χ4v) is 3.95. The number of methoxy groups -OCH3 is 1. The van der Waals surface area contributed by atoms with E-state index in [1.54, 1.807) is 7.11 Å². The number of amides is 2. The van der Waals surface area contributed by atoms with E-state index < -0.39 is 0 Å². The molecule has 2 amide bonds. The average molecular weight is 384 g/mol. The summed E-state index contributed by atoms with van der Waals surface area (Å²) in [5.74, 6) is 0.199. The van der Waals surface area contributed by atoms with E-state index in [0.717, 1.165) is 32.2 Å². The molecule has 0 aromatic carbocycles. The van der Waals surface area contributed by atoms with Crippen molar-refractivity contribution in [2.24, 2.45) is 0 Å². The largest absolute Gasteiger partial charge is 0.383 e. The highest BCUT2D eigenvalue weighted by atomic mass is 32.1. The standard InChI is InChI=1S/C17H29N5O3S/c1-25-7-6-18-17(26)21-12-8-14-16(24)19-9-13(22(14)10-12)4-5-15(23)20-11-2-3-11/h11-14H,2-10H2,1H3,(H,19,24)(H,20,23)(H2,18,21,26)/t12-,13+,14-/m0/s1. The van der Waals surface area contributed by atoms with Crippen molar-refractivity contribution in [2.75, 3.05) is 33.4 Å². The number of nitrogens with zero attached hydrogens (tertiary/aromatic N) is 1. The predicted octanol–water partition coefficient (Wildman–Crippen LogP) is -0.903. The van der Waals surface area contributed by atoms with Crippen molar-refractivity contribution in [3.8, 4) is 0 Å². The lowest BCUT2D eigenvalue weighted by atomic mass is 10.0. The van der Waals surface area contributed by atoms with Gasteiger partial charge >= 0.3 is 0 Å². The summed E-state index contributed by atoms with van der Waals surface area (Å²) >= 11 is 5.31. The quantitative estimate of drug-likeness (QED) is 0.319. The van der Waals surface area contributed by atoms with Crippen LogP contribution in [0.5, 0.6) is 0 Å². The summed E-state index contributed by atoms with van der Waals surface area (Å²) in [6.45, 7) is 2.62. The summed E-state index contributed by atoms with van der Waals surface area (Å²) in [7, 11) is 1.65. The zero-order valence-electron chi connectivity index (χ0n) is 15.3. The minimum atomic E-state index is -0.139. The molecule has 0 unspecified atom stereocenters. The number of rotatable bonds is 8. The molecule has 8 nitrogen and oxygen atoms in total. The van der Waals surface area contributed by atoms with E-state index in [2.05, 4.69) is 26.2 Å². The first-order valence-corrected chi connectivity index (χ1v) is 9.83. The number of piperazine rings is 1. The Labute approximate surface area is 159 Å². The number of thiocarbonyl (C=S) groups is 1. The van der Waals surface area contributed by atoms with Crippen molar-refractivity contribution < 1.29 is 14.3 Å². The van der Waals surface area contributed by atoms with Gasteiger partial charge in [0.15, 0.2) is 5.11 Å². The molecular weight excluding hydrogens is 354 g/mol. The third kappa shape index (κ3) is 5.28. The van der Waals surface area contributed by atoms with Crippen LogP contribution in [0.4, 0.5) is 0 Å². The van der Waals surface area contributed by atoms with E-state index in [4.69, 9.17) is 17.0 Å². The maximum Gasteiger partial charge on any atom is 0.237 e. The van der Waals surface area contributed by atoms with Crippen molar-refractivity contribution in [2.45, 2.75) is 56.3 Å². The lowest BCUT2D eigenvalue weighted by molar-refractivity contribution is -0.129. The van der Waals surface area contributed by atoms with Gasteiger partial charge in [-0.25, -0.2) is 0 Å². The molecule has 0 radical (unpaired) electrons. The van der Waals surface area contributed by atoms with E-state index in [-0.39, 0.29) is 29.9 Å². The summed E-state index contributed by atoms with van der Waals surface area (Å²) in [5, 5.41) is 13.0. The number of carbonyl (C=O) groups excluding carboxylic acids is 2. The summed E-state index contributed by atoms with van der Waals surface area (Å²) < 4.78 is 5.00. The normalized spacial score (nSPS) is 28.2. The second-order valence-corrected chi connectivity index (χ2v) is 7.73. The Morgan fingerprint density at radius 2 is 2.15 bits per heavy atom. The topological polar surface area (TPSA) is 94.7 Å². The van der Waals surface area contributed by atoms with Crippen LogP contribution in [0.25, 0.3) is 0 Å². The third-order valence-corrected chi connectivity index (χ3v) is 5.46. The highest BCUT2D eigenvalue weighted by Crippen LogP contribution is 2.26. The summed E-state index contributed by atoms with van der Waals surface area (Å²) in [6.07, 6.45) is 4.20. The first-order valence-electron chi connectivity index (χ1n) is 9.43. The molecular formula is C17H29N5O3S. The maximum atomic E-state index is 12.2. The molecule has 0 bridgehead atoms. The minimum Gasteiger partial charge on any atom is -0.383 e. The first kappa shape index (κ1) is 19.3. The van der Waals surface area contributed by atoms with E-state index in [0.29, 0.717) is 37.3 Å². The molecule has 0 aromatic rings. The van der Waals surface area contributed by atoms with Crippen molar-refractivity contribution in [1.82, 2.24) is 26.2 Å². The number of hydrogen-bond acceptors (Lipinski definition) is 5. The lowest BCUT2D eigenvalue weighted by Gasteiger charge is -2.37. The van der Waals surface area contributed by atoms with Gasteiger partial charge in [0.05, 0.1) is 12.6 Å². The van der Waals surface area contributed by atoms with Crippen LogP contribution < -0.4 is 21.3 Å². The van der Waals surface area contributed by atoms with Gasteiger partial charge in [0.25, 0.3) is 0 Å². The Morgan fingerprint density at radius 1 is 1.35 bits per heavy atom. The molecule has 2 aliphatic heterocycles. The van der Waals surface area contributed by atoms with Gasteiger partial charge < -0.3 is 26.0 Å². The van der Waals surface area contributed by atoms with E-state index in [9.17, 15) is 9.59 Å². The Bertz CT molecular complexity index is 542. The smallest absolute Gasteiger partial charge is 0.237 e. The fourth-order valence-electron chi connectivity index (χ4n) is 3.68. The fraction of sp³-hybridized carbons (Fsp3) is 0.824. The van der Waals surface area contributed by atoms with Crippen LogP contribution in [0.3, 0.4) is 0 Å². The van der Waals surface area contributed by atoms with Gasteiger partial charge in [0.2, 0.25) is 11.8 Å². The second kappa shape index (κ2) is 8.96. The van der Waals surface area contributed by atoms with Gasteiger partial charge in [-0.05, 0) is 37.9 Å². The molecule has 26 heavy (non-hydrogen) atoms. The van der Waals surface area contributed by atoms with E-state index in [1.165, 1.54) is 0 Å². The van der Waals surface area contributed by atoms with Crippen molar-refractivity contribution >= 4 is 29.1 Å². The highest BCUT2D eigenvalue weighted by molar-refractivity contribution is 7.80. The SMILES string of the molecule is COCCNC(=S)N[C@H]1C[C@H]2C(=O)NC[C@@H](CCC(=O)NC3CC3)N2C1. The zero-order valence-corrected chi connectivity index (χ0v) is 16.1. The van der Waals surface area contributed by atoms with Crippen molar-refractivity contribution in [3.63, 3.8) is 0 Å². The molecule has 3 atom stereocenters. The minimum absolute atomic E-state index is 0.0752. The average Bonchev–Trinajstić information content (AvgIpc) is 3.31. The second-order valence-electron chi connectivity index (χ2n) is 7.32. The van der Waals surface area contributed by atoms with Crippen LogP contribution in [0.1, 0.15) is 32.1 Å². The van der Waals surface area contributed by atoms with Gasteiger partial charge in [-0.2, -0.15) is 0 Å². The molecule has 0 spiro atoms. The molecule has 3 rings (SSSR count). The lowest BCUT2D eigenvalue weighted by Crippen LogP contribution is -2.58. The van der Waals surface area contributed by atoms with Gasteiger partial charge in [-0.3, -0.25) is 14.5 Å². The highest BCUT2D eigenvalue weighted by Gasteiger charge is 2.43. The Hall–Kier alpha value is -1.45. The maximum absolute atomic E-state index is 12.2. The van der Waals surface area contributed by atoms with E-state index >= 15 is 0 Å². The Kier molecular flexibility index (Phi) is 6.66. The number of fused-ring (bicyclic) bond motifs is 1. The number of hydrogen-bond donors (Lipinski definition) is 4.